The summed E-state index contributed by atoms with van der Waals surface area (Å²) in [7, 11) is 0. The van der Waals surface area contributed by atoms with Gasteiger partial charge in [-0.2, -0.15) is 0 Å². The molecule has 0 fully saturated rings. The van der Waals surface area contributed by atoms with Crippen molar-refractivity contribution in [2.45, 2.75) is 20.3 Å². The van der Waals surface area contributed by atoms with Crippen molar-refractivity contribution in [3.63, 3.8) is 0 Å². The van der Waals surface area contributed by atoms with Crippen LogP contribution in [0, 0.1) is 6.92 Å². The predicted molar refractivity (Wildman–Crippen MR) is 63.4 cm³/mol. The molecule has 0 radical (unpaired) electrons. The third kappa shape index (κ3) is 3.09. The van der Waals surface area contributed by atoms with Crippen LogP contribution in [-0.2, 0) is 0 Å². The van der Waals surface area contributed by atoms with Gasteiger partial charge in [-0.05, 0) is 19.4 Å². The Kier molecular flexibility index (Phi) is 4.88. The Morgan fingerprint density at radius 3 is 2.73 bits per heavy atom. The monoisotopic (exact) mass is 273 g/mol. The molecular weight excluding hydrogens is 258 g/mol. The molecule has 0 aliphatic heterocycles. The molecule has 0 unspecified atom stereocenters. The lowest BCUT2D eigenvalue weighted by Crippen LogP contribution is -2.33. The summed E-state index contributed by atoms with van der Waals surface area (Å²) in [5.74, 6) is 0.748. The molecule has 0 spiro atoms. The van der Waals surface area contributed by atoms with Gasteiger partial charge in [0.1, 0.15) is 5.76 Å². The Hall–Kier alpha value is -0.770. The van der Waals surface area contributed by atoms with E-state index in [-0.39, 0.29) is 5.91 Å². The average Bonchev–Trinajstić information content (AvgIpc) is 2.63. The van der Waals surface area contributed by atoms with E-state index in [1.807, 2.05) is 11.8 Å². The van der Waals surface area contributed by atoms with Crippen LogP contribution in [0.4, 0.5) is 0 Å². The first-order valence-corrected chi connectivity index (χ1v) is 6.22. The van der Waals surface area contributed by atoms with Crippen molar-refractivity contribution in [3.05, 3.63) is 23.7 Å². The topological polar surface area (TPSA) is 33.5 Å². The molecule has 3 nitrogen and oxygen atoms in total. The number of hydrogen-bond donors (Lipinski definition) is 0. The van der Waals surface area contributed by atoms with Gasteiger partial charge in [-0.3, -0.25) is 4.79 Å². The van der Waals surface area contributed by atoms with Crippen LogP contribution in [0.25, 0.3) is 0 Å². The minimum absolute atomic E-state index is 0.0579. The third-order valence-electron chi connectivity index (χ3n) is 2.22. The predicted octanol–water partition coefficient (Wildman–Crippen LogP) is 2.84. The number of amides is 1. The number of carbonyl (C=O) groups is 1. The summed E-state index contributed by atoms with van der Waals surface area (Å²) in [5.41, 5.74) is 0.671. The first-order chi connectivity index (χ1) is 7.20. The van der Waals surface area contributed by atoms with Gasteiger partial charge < -0.3 is 9.32 Å². The normalized spacial score (nSPS) is 10.3. The first kappa shape index (κ1) is 12.3. The first-order valence-electron chi connectivity index (χ1n) is 5.10. The van der Waals surface area contributed by atoms with Crippen molar-refractivity contribution in [1.82, 2.24) is 4.90 Å². The lowest BCUT2D eigenvalue weighted by molar-refractivity contribution is 0.0764. The zero-order valence-electron chi connectivity index (χ0n) is 9.12. The molecule has 15 heavy (non-hydrogen) atoms. The maximum Gasteiger partial charge on any atom is 0.257 e. The molecule has 0 saturated carbocycles. The quantitative estimate of drug-likeness (QED) is 0.773. The SMILES string of the molecule is CCCN(CCBr)C(=O)c1ccoc1C. The number of carbonyl (C=O) groups excluding carboxylic acids is 1. The third-order valence-corrected chi connectivity index (χ3v) is 2.58. The Morgan fingerprint density at radius 1 is 1.53 bits per heavy atom. The highest BCUT2D eigenvalue weighted by Crippen LogP contribution is 2.12. The van der Waals surface area contributed by atoms with Gasteiger partial charge in [-0.1, -0.05) is 22.9 Å². The molecule has 0 saturated heterocycles. The average molecular weight is 274 g/mol. The minimum atomic E-state index is 0.0579. The van der Waals surface area contributed by atoms with Crippen molar-refractivity contribution in [3.8, 4) is 0 Å². The molecule has 0 aliphatic carbocycles. The van der Waals surface area contributed by atoms with Crippen LogP contribution >= 0.6 is 15.9 Å². The van der Waals surface area contributed by atoms with Crippen molar-refractivity contribution >= 4 is 21.8 Å². The molecule has 1 aromatic heterocycles. The number of furan rings is 1. The number of halogens is 1. The van der Waals surface area contributed by atoms with Gasteiger partial charge in [0.25, 0.3) is 5.91 Å². The van der Waals surface area contributed by atoms with Gasteiger partial charge in [-0.25, -0.2) is 0 Å². The standard InChI is InChI=1S/C11H16BrNO2/c1-3-6-13(7-5-12)11(14)10-4-8-15-9(10)2/h4,8H,3,5-7H2,1-2H3. The van der Waals surface area contributed by atoms with Crippen molar-refractivity contribution in [2.24, 2.45) is 0 Å². The van der Waals surface area contributed by atoms with Gasteiger partial charge in [0.05, 0.1) is 11.8 Å². The summed E-state index contributed by atoms with van der Waals surface area (Å²) in [4.78, 5) is 13.9. The lowest BCUT2D eigenvalue weighted by atomic mass is 10.2. The molecule has 4 heteroatoms. The van der Waals surface area contributed by atoms with Crippen LogP contribution in [0.5, 0.6) is 0 Å². The van der Waals surface area contributed by atoms with Crippen molar-refractivity contribution < 1.29 is 9.21 Å². The second-order valence-electron chi connectivity index (χ2n) is 3.37. The van der Waals surface area contributed by atoms with E-state index in [0.29, 0.717) is 11.3 Å². The molecular formula is C11H16BrNO2. The largest absolute Gasteiger partial charge is 0.469 e. The summed E-state index contributed by atoms with van der Waals surface area (Å²) in [6.45, 7) is 5.40. The maximum absolute atomic E-state index is 12.1. The van der Waals surface area contributed by atoms with Gasteiger partial charge in [0, 0.05) is 18.4 Å². The molecule has 84 valence electrons. The summed E-state index contributed by atoms with van der Waals surface area (Å²) in [5, 5.41) is 0.801. The Bertz CT molecular complexity index is 316. The van der Waals surface area contributed by atoms with Crippen LogP contribution in [-0.4, -0.2) is 29.2 Å². The molecule has 1 heterocycles. The molecule has 1 amide bonds. The summed E-state index contributed by atoms with van der Waals surface area (Å²) in [6, 6.07) is 1.73. The molecule has 1 rings (SSSR count). The highest BCUT2D eigenvalue weighted by atomic mass is 79.9. The van der Waals surface area contributed by atoms with Crippen LogP contribution in [0.3, 0.4) is 0 Å². The number of aryl methyl sites for hydroxylation is 1. The number of alkyl halides is 1. The zero-order valence-corrected chi connectivity index (χ0v) is 10.7. The highest BCUT2D eigenvalue weighted by molar-refractivity contribution is 9.09. The second kappa shape index (κ2) is 5.95. The van der Waals surface area contributed by atoms with Gasteiger partial charge in [0.15, 0.2) is 0 Å². The van der Waals surface area contributed by atoms with Gasteiger partial charge in [0.2, 0.25) is 0 Å². The molecule has 0 bridgehead atoms. The summed E-state index contributed by atoms with van der Waals surface area (Å²) < 4.78 is 5.13. The van der Waals surface area contributed by atoms with E-state index >= 15 is 0 Å². The molecule has 1 aromatic rings. The smallest absolute Gasteiger partial charge is 0.257 e. The fraction of sp³-hybridized carbons (Fsp3) is 0.545. The van der Waals surface area contributed by atoms with Crippen molar-refractivity contribution in [1.29, 1.82) is 0 Å². The van der Waals surface area contributed by atoms with Crippen LogP contribution in [0.1, 0.15) is 29.5 Å². The number of nitrogens with zero attached hydrogens (tertiary/aromatic N) is 1. The highest BCUT2D eigenvalue weighted by Gasteiger charge is 2.17. The van der Waals surface area contributed by atoms with E-state index in [1.54, 1.807) is 12.3 Å². The van der Waals surface area contributed by atoms with Crippen LogP contribution in [0.2, 0.25) is 0 Å². The fourth-order valence-electron chi connectivity index (χ4n) is 1.46. The van der Waals surface area contributed by atoms with Crippen LogP contribution < -0.4 is 0 Å². The van der Waals surface area contributed by atoms with E-state index in [2.05, 4.69) is 22.9 Å². The Morgan fingerprint density at radius 2 is 2.27 bits per heavy atom. The van der Waals surface area contributed by atoms with E-state index in [9.17, 15) is 4.79 Å². The van der Waals surface area contributed by atoms with E-state index in [4.69, 9.17) is 4.42 Å². The molecule has 0 aromatic carbocycles. The minimum Gasteiger partial charge on any atom is -0.469 e. The van der Waals surface area contributed by atoms with E-state index in [0.717, 1.165) is 24.8 Å². The fourth-order valence-corrected chi connectivity index (χ4v) is 1.89. The van der Waals surface area contributed by atoms with E-state index < -0.39 is 0 Å². The summed E-state index contributed by atoms with van der Waals surface area (Å²) in [6.07, 6.45) is 2.52. The van der Waals surface area contributed by atoms with Crippen molar-refractivity contribution in [2.75, 3.05) is 18.4 Å². The van der Waals surface area contributed by atoms with Gasteiger partial charge in [-0.15, -0.1) is 0 Å². The number of rotatable bonds is 5. The zero-order chi connectivity index (χ0) is 11.3. The Labute approximate surface area is 98.6 Å². The molecule has 0 aliphatic rings. The van der Waals surface area contributed by atoms with E-state index in [1.165, 1.54) is 0 Å². The Balaban J connectivity index is 2.76. The number of hydrogen-bond acceptors (Lipinski definition) is 2. The van der Waals surface area contributed by atoms with Crippen LogP contribution in [0.15, 0.2) is 16.7 Å². The van der Waals surface area contributed by atoms with Gasteiger partial charge >= 0.3 is 0 Å². The lowest BCUT2D eigenvalue weighted by Gasteiger charge is -2.20. The molecule has 0 atom stereocenters. The molecule has 0 N–H and O–H groups in total. The second-order valence-corrected chi connectivity index (χ2v) is 4.16. The summed E-state index contributed by atoms with van der Waals surface area (Å²) >= 11 is 3.35. The maximum atomic E-state index is 12.1.